The third-order valence-corrected chi connectivity index (χ3v) is 3.54. The smallest absolute Gasteiger partial charge is 0.270 e. The molecule has 1 saturated heterocycles. The molecule has 0 radical (unpaired) electrons. The van der Waals surface area contributed by atoms with Gasteiger partial charge in [0.1, 0.15) is 6.07 Å². The molecule has 2 rings (SSSR count). The lowest BCUT2D eigenvalue weighted by molar-refractivity contribution is -0.384. The van der Waals surface area contributed by atoms with Gasteiger partial charge in [-0.2, -0.15) is 5.26 Å². The van der Waals surface area contributed by atoms with Crippen LogP contribution in [0.5, 0.6) is 0 Å². The zero-order valence-corrected chi connectivity index (χ0v) is 11.7. The first-order valence-corrected chi connectivity index (χ1v) is 6.78. The van der Waals surface area contributed by atoms with Gasteiger partial charge in [0.2, 0.25) is 5.91 Å². The Morgan fingerprint density at radius 1 is 1.62 bits per heavy atom. The van der Waals surface area contributed by atoms with Gasteiger partial charge in [-0.15, -0.1) is 0 Å². The summed E-state index contributed by atoms with van der Waals surface area (Å²) in [5, 5.41) is 23.0. The molecule has 1 unspecified atom stereocenters. The number of rotatable bonds is 4. The molecule has 1 aromatic carbocycles. The zero-order chi connectivity index (χ0) is 15.4. The third-order valence-electron chi connectivity index (χ3n) is 3.54. The van der Waals surface area contributed by atoms with Crippen molar-refractivity contribution in [1.82, 2.24) is 4.90 Å². The Labute approximate surface area is 122 Å². The molecule has 0 spiro atoms. The highest BCUT2D eigenvalue weighted by Gasteiger charge is 2.25. The first-order chi connectivity index (χ1) is 10.0. The lowest BCUT2D eigenvalue weighted by Gasteiger charge is -2.17. The van der Waals surface area contributed by atoms with Gasteiger partial charge >= 0.3 is 0 Å². The number of amides is 1. The van der Waals surface area contributed by atoms with Crippen LogP contribution >= 0.6 is 0 Å². The molecular formula is C14H16N4O3. The minimum absolute atomic E-state index is 0.0639. The largest absolute Gasteiger partial charge is 0.379 e. The highest BCUT2D eigenvalue weighted by Crippen LogP contribution is 2.24. The summed E-state index contributed by atoms with van der Waals surface area (Å²) < 4.78 is 0. The number of nitrogens with zero attached hydrogens (tertiary/aromatic N) is 3. The normalized spacial score (nSPS) is 17.3. The van der Waals surface area contributed by atoms with Crippen LogP contribution in [0.1, 0.15) is 25.3 Å². The van der Waals surface area contributed by atoms with Crippen LogP contribution in [0.4, 0.5) is 11.4 Å². The van der Waals surface area contributed by atoms with Crippen molar-refractivity contribution in [2.75, 3.05) is 18.4 Å². The van der Waals surface area contributed by atoms with Gasteiger partial charge in [0.25, 0.3) is 5.69 Å². The molecule has 7 nitrogen and oxygen atoms in total. The van der Waals surface area contributed by atoms with E-state index in [0.29, 0.717) is 25.2 Å². The highest BCUT2D eigenvalue weighted by molar-refractivity contribution is 5.76. The van der Waals surface area contributed by atoms with E-state index in [1.54, 1.807) is 11.0 Å². The number of nitro groups is 1. The molecule has 1 amide bonds. The summed E-state index contributed by atoms with van der Waals surface area (Å²) in [6.45, 7) is 3.11. The number of nitrogens with one attached hydrogen (secondary N) is 1. The summed E-state index contributed by atoms with van der Waals surface area (Å²) in [7, 11) is 0. The van der Waals surface area contributed by atoms with Crippen LogP contribution in [0.2, 0.25) is 0 Å². The Kier molecular flexibility index (Phi) is 4.38. The summed E-state index contributed by atoms with van der Waals surface area (Å²) in [4.78, 5) is 23.6. The Morgan fingerprint density at radius 3 is 3.00 bits per heavy atom. The molecule has 0 saturated carbocycles. The fraction of sp³-hybridized carbons (Fsp3) is 0.429. The maximum absolute atomic E-state index is 11.6. The molecule has 0 aromatic heterocycles. The van der Waals surface area contributed by atoms with Crippen molar-refractivity contribution in [2.24, 2.45) is 0 Å². The second kappa shape index (κ2) is 6.22. The average molecular weight is 288 g/mol. The van der Waals surface area contributed by atoms with Gasteiger partial charge < -0.3 is 10.2 Å². The van der Waals surface area contributed by atoms with Gasteiger partial charge in [0, 0.05) is 37.7 Å². The molecule has 1 heterocycles. The number of hydrogen-bond acceptors (Lipinski definition) is 5. The van der Waals surface area contributed by atoms with Crippen LogP contribution in [0, 0.1) is 21.4 Å². The number of likely N-dealkylation sites (tertiary alicyclic amines) is 1. The molecule has 21 heavy (non-hydrogen) atoms. The first-order valence-electron chi connectivity index (χ1n) is 6.78. The topological polar surface area (TPSA) is 99.3 Å². The van der Waals surface area contributed by atoms with Crippen LogP contribution < -0.4 is 5.32 Å². The monoisotopic (exact) mass is 288 g/mol. The number of benzene rings is 1. The second-order valence-corrected chi connectivity index (χ2v) is 4.92. The Hall–Kier alpha value is -2.62. The van der Waals surface area contributed by atoms with E-state index in [1.807, 2.05) is 13.0 Å². The van der Waals surface area contributed by atoms with Crippen molar-refractivity contribution in [2.45, 2.75) is 25.8 Å². The maximum Gasteiger partial charge on any atom is 0.270 e. The van der Waals surface area contributed by atoms with Gasteiger partial charge in [0.15, 0.2) is 0 Å². The number of non-ortho nitro benzene ring substituents is 1. The van der Waals surface area contributed by atoms with Crippen LogP contribution in [-0.4, -0.2) is 34.9 Å². The van der Waals surface area contributed by atoms with Crippen molar-refractivity contribution in [1.29, 1.82) is 5.26 Å². The summed E-state index contributed by atoms with van der Waals surface area (Å²) in [6.07, 6.45) is 1.28. The minimum atomic E-state index is -0.526. The third kappa shape index (κ3) is 3.28. The minimum Gasteiger partial charge on any atom is -0.379 e. The Balaban J connectivity index is 2.09. The highest BCUT2D eigenvalue weighted by atomic mass is 16.6. The average Bonchev–Trinajstić information content (AvgIpc) is 2.95. The van der Waals surface area contributed by atoms with Crippen molar-refractivity contribution >= 4 is 17.3 Å². The molecule has 1 fully saturated rings. The quantitative estimate of drug-likeness (QED) is 0.673. The van der Waals surface area contributed by atoms with Crippen molar-refractivity contribution in [3.05, 3.63) is 33.9 Å². The fourth-order valence-corrected chi connectivity index (χ4v) is 2.41. The lowest BCUT2D eigenvalue weighted by atomic mass is 10.1. The molecule has 1 aliphatic rings. The van der Waals surface area contributed by atoms with Gasteiger partial charge in [-0.25, -0.2) is 0 Å². The molecule has 1 aliphatic heterocycles. The number of nitriles is 1. The number of carbonyl (C=O) groups is 1. The van der Waals surface area contributed by atoms with Crippen LogP contribution in [0.25, 0.3) is 0 Å². The first kappa shape index (κ1) is 14.8. The lowest BCUT2D eigenvalue weighted by Crippen LogP contribution is -2.31. The summed E-state index contributed by atoms with van der Waals surface area (Å²) in [5.41, 5.74) is 0.703. The second-order valence-electron chi connectivity index (χ2n) is 4.92. The van der Waals surface area contributed by atoms with Crippen molar-refractivity contribution in [3.8, 4) is 6.07 Å². The Morgan fingerprint density at radius 2 is 2.38 bits per heavy atom. The number of anilines is 1. The molecule has 7 heteroatoms. The van der Waals surface area contributed by atoms with E-state index in [4.69, 9.17) is 5.26 Å². The van der Waals surface area contributed by atoms with E-state index in [2.05, 4.69) is 5.32 Å². The summed E-state index contributed by atoms with van der Waals surface area (Å²) >= 11 is 0. The van der Waals surface area contributed by atoms with Crippen LogP contribution in [0.3, 0.4) is 0 Å². The predicted molar refractivity (Wildman–Crippen MR) is 76.7 cm³/mol. The molecule has 1 aromatic rings. The van der Waals surface area contributed by atoms with Gasteiger partial charge in [-0.05, 0) is 12.5 Å². The van der Waals surface area contributed by atoms with E-state index in [1.165, 1.54) is 12.1 Å². The molecule has 0 bridgehead atoms. The van der Waals surface area contributed by atoms with Gasteiger partial charge in [0.05, 0.1) is 16.2 Å². The Bertz CT molecular complexity index is 609. The fourth-order valence-electron chi connectivity index (χ4n) is 2.41. The van der Waals surface area contributed by atoms with Crippen molar-refractivity contribution < 1.29 is 9.72 Å². The van der Waals surface area contributed by atoms with Gasteiger partial charge in [-0.3, -0.25) is 14.9 Å². The van der Waals surface area contributed by atoms with E-state index >= 15 is 0 Å². The standard InChI is InChI=1S/C14H16N4O3/c1-2-14(19)17-6-5-11(9-17)16-13-4-3-12(18(20)21)7-10(13)8-15/h3-4,7,11,16H,2,5-6,9H2,1H3. The molecule has 0 aliphatic carbocycles. The number of hydrogen-bond donors (Lipinski definition) is 1. The van der Waals surface area contributed by atoms with E-state index in [9.17, 15) is 14.9 Å². The SMILES string of the molecule is CCC(=O)N1CCC(Nc2ccc([N+](=O)[O-])cc2C#N)C1. The molecular weight excluding hydrogens is 272 g/mol. The molecule has 1 atom stereocenters. The summed E-state index contributed by atoms with van der Waals surface area (Å²) in [6, 6.07) is 6.19. The van der Waals surface area contributed by atoms with Gasteiger partial charge in [-0.1, -0.05) is 6.92 Å². The van der Waals surface area contributed by atoms with Crippen LogP contribution in [0.15, 0.2) is 18.2 Å². The van der Waals surface area contributed by atoms with E-state index in [0.717, 1.165) is 6.42 Å². The van der Waals surface area contributed by atoms with Crippen molar-refractivity contribution in [3.63, 3.8) is 0 Å². The zero-order valence-electron chi connectivity index (χ0n) is 11.7. The summed E-state index contributed by atoms with van der Waals surface area (Å²) in [5.74, 6) is 0.114. The van der Waals surface area contributed by atoms with E-state index < -0.39 is 4.92 Å². The number of nitro benzene ring substituents is 1. The van der Waals surface area contributed by atoms with Crippen LogP contribution in [-0.2, 0) is 4.79 Å². The number of carbonyl (C=O) groups excluding carboxylic acids is 1. The predicted octanol–water partition coefficient (Wildman–Crippen LogP) is 1.89. The van der Waals surface area contributed by atoms with E-state index in [-0.39, 0.29) is 23.2 Å². The maximum atomic E-state index is 11.6. The molecule has 1 N–H and O–H groups in total. The molecule has 110 valence electrons.